The summed E-state index contributed by atoms with van der Waals surface area (Å²) in [6.45, 7) is 1.78. The topological polar surface area (TPSA) is 32.8 Å². The molecule has 2 aromatic rings. The molecule has 0 aromatic heterocycles. The number of carbonyl (C=O) groups excluding carboxylic acids is 1. The van der Waals surface area contributed by atoms with E-state index in [0.29, 0.717) is 6.73 Å². The fraction of sp³-hybridized carbons (Fsp3) is 0.458. The van der Waals surface area contributed by atoms with Crippen molar-refractivity contribution in [1.82, 2.24) is 9.80 Å². The van der Waals surface area contributed by atoms with Gasteiger partial charge in [-0.2, -0.15) is 0 Å². The zero-order chi connectivity index (χ0) is 20.2. The summed E-state index contributed by atoms with van der Waals surface area (Å²) >= 11 is 0. The van der Waals surface area contributed by atoms with Crippen LogP contribution >= 0.6 is 0 Å². The molecule has 150 valence electrons. The molecule has 0 unspecified atom stereocenters. The van der Waals surface area contributed by atoms with Crippen molar-refractivity contribution in [3.63, 3.8) is 0 Å². The van der Waals surface area contributed by atoms with Crippen LogP contribution in [-0.4, -0.2) is 43.6 Å². The highest BCUT2D eigenvalue weighted by molar-refractivity contribution is 5.65. The zero-order valence-electron chi connectivity index (χ0n) is 17.5. The molecule has 1 saturated carbocycles. The van der Waals surface area contributed by atoms with Gasteiger partial charge in [0, 0.05) is 18.0 Å². The molecule has 0 radical (unpaired) electrons. The monoisotopic (exact) mass is 380 g/mol. The molecule has 0 N–H and O–H groups in total. The number of hydrogen-bond donors (Lipinski definition) is 0. The van der Waals surface area contributed by atoms with Crippen LogP contribution < -0.4 is 0 Å². The fourth-order valence-corrected chi connectivity index (χ4v) is 4.77. The Bertz CT molecular complexity index is 766. The molecule has 4 nitrogen and oxygen atoms in total. The summed E-state index contributed by atoms with van der Waals surface area (Å²) in [5, 5.41) is 0. The Labute approximate surface area is 169 Å². The molecule has 0 heterocycles. The first kappa shape index (κ1) is 20.6. The Morgan fingerprint density at radius 2 is 1.25 bits per heavy atom. The summed E-state index contributed by atoms with van der Waals surface area (Å²) in [7, 11) is 6.44. The SMILES string of the molecule is CC(=O)OCN(C)C1(c2ccccc2)CCC(c2ccccc2)(N(C)C)CC1. The van der Waals surface area contributed by atoms with Crippen LogP contribution in [0.2, 0.25) is 0 Å². The third kappa shape index (κ3) is 3.85. The van der Waals surface area contributed by atoms with Gasteiger partial charge in [-0.3, -0.25) is 14.6 Å². The Morgan fingerprint density at radius 3 is 1.68 bits per heavy atom. The maximum atomic E-state index is 11.4. The second-order valence-corrected chi connectivity index (χ2v) is 8.15. The summed E-state index contributed by atoms with van der Waals surface area (Å²) in [5.41, 5.74) is 2.57. The lowest BCUT2D eigenvalue weighted by molar-refractivity contribution is -0.150. The molecular weight excluding hydrogens is 348 g/mol. The molecule has 0 bridgehead atoms. The van der Waals surface area contributed by atoms with Gasteiger partial charge < -0.3 is 4.74 Å². The Balaban J connectivity index is 1.93. The molecule has 0 saturated heterocycles. The second kappa shape index (κ2) is 8.46. The maximum Gasteiger partial charge on any atom is 0.303 e. The minimum atomic E-state index is -0.238. The van der Waals surface area contributed by atoms with Gasteiger partial charge in [-0.15, -0.1) is 0 Å². The van der Waals surface area contributed by atoms with Crippen molar-refractivity contribution >= 4 is 5.97 Å². The predicted octanol–water partition coefficient (Wildman–Crippen LogP) is 4.37. The van der Waals surface area contributed by atoms with E-state index in [-0.39, 0.29) is 17.0 Å². The van der Waals surface area contributed by atoms with Crippen LogP contribution in [-0.2, 0) is 20.6 Å². The van der Waals surface area contributed by atoms with Crippen molar-refractivity contribution in [2.75, 3.05) is 27.9 Å². The summed E-state index contributed by atoms with van der Waals surface area (Å²) in [6.07, 6.45) is 4.09. The van der Waals surface area contributed by atoms with Crippen molar-refractivity contribution in [1.29, 1.82) is 0 Å². The Morgan fingerprint density at radius 1 is 0.821 bits per heavy atom. The van der Waals surface area contributed by atoms with Gasteiger partial charge in [-0.25, -0.2) is 0 Å². The van der Waals surface area contributed by atoms with E-state index in [4.69, 9.17) is 4.74 Å². The number of benzene rings is 2. The molecule has 28 heavy (non-hydrogen) atoms. The lowest BCUT2D eigenvalue weighted by Crippen LogP contribution is -2.53. The first-order valence-corrected chi connectivity index (χ1v) is 10.0. The zero-order valence-corrected chi connectivity index (χ0v) is 17.5. The minimum Gasteiger partial charge on any atom is -0.450 e. The van der Waals surface area contributed by atoms with E-state index in [0.717, 1.165) is 25.7 Å². The first-order valence-electron chi connectivity index (χ1n) is 10.0. The van der Waals surface area contributed by atoms with Crippen LogP contribution in [0.3, 0.4) is 0 Å². The van der Waals surface area contributed by atoms with E-state index < -0.39 is 0 Å². The maximum absolute atomic E-state index is 11.4. The minimum absolute atomic E-state index is 0.0296. The highest BCUT2D eigenvalue weighted by Gasteiger charge is 2.47. The van der Waals surface area contributed by atoms with E-state index in [9.17, 15) is 4.79 Å². The highest BCUT2D eigenvalue weighted by atomic mass is 16.5. The Hall–Kier alpha value is -2.17. The molecule has 1 aliphatic rings. The van der Waals surface area contributed by atoms with Gasteiger partial charge in [0.15, 0.2) is 0 Å². The van der Waals surface area contributed by atoms with E-state index >= 15 is 0 Å². The van der Waals surface area contributed by atoms with Gasteiger partial charge in [0.2, 0.25) is 0 Å². The number of esters is 1. The van der Waals surface area contributed by atoms with Gasteiger partial charge in [-0.05, 0) is 58.0 Å². The second-order valence-electron chi connectivity index (χ2n) is 8.15. The molecule has 0 spiro atoms. The van der Waals surface area contributed by atoms with Crippen molar-refractivity contribution < 1.29 is 9.53 Å². The van der Waals surface area contributed by atoms with E-state index in [2.05, 4.69) is 91.6 Å². The van der Waals surface area contributed by atoms with E-state index in [1.54, 1.807) is 0 Å². The normalized spacial score (nSPS) is 25.1. The van der Waals surface area contributed by atoms with Crippen molar-refractivity contribution in [3.8, 4) is 0 Å². The van der Waals surface area contributed by atoms with Crippen LogP contribution in [0.5, 0.6) is 0 Å². The molecule has 0 aliphatic heterocycles. The van der Waals surface area contributed by atoms with Crippen molar-refractivity contribution in [2.45, 2.75) is 43.7 Å². The molecule has 2 aromatic carbocycles. The summed E-state index contributed by atoms with van der Waals surface area (Å²) in [4.78, 5) is 16.0. The third-order valence-electron chi connectivity index (χ3n) is 6.57. The Kier molecular flexibility index (Phi) is 6.21. The average molecular weight is 381 g/mol. The molecular formula is C24H32N2O2. The lowest BCUT2D eigenvalue weighted by Gasteiger charge is -2.53. The standard InChI is InChI=1S/C24H32N2O2/c1-20(27)28-19-26(4)24(22-13-9-6-10-14-22)17-15-23(16-18-24,25(2)3)21-11-7-5-8-12-21/h5-14H,15-19H2,1-4H3. The van der Waals surface area contributed by atoms with Gasteiger partial charge in [0.05, 0.1) is 0 Å². The van der Waals surface area contributed by atoms with Crippen LogP contribution in [0, 0.1) is 0 Å². The number of rotatable bonds is 6. The molecule has 3 rings (SSSR count). The van der Waals surface area contributed by atoms with Gasteiger partial charge in [0.25, 0.3) is 0 Å². The molecule has 1 aliphatic carbocycles. The van der Waals surface area contributed by atoms with Crippen LogP contribution in [0.15, 0.2) is 60.7 Å². The highest BCUT2D eigenvalue weighted by Crippen LogP contribution is 2.50. The van der Waals surface area contributed by atoms with E-state index in [1.165, 1.54) is 18.1 Å². The van der Waals surface area contributed by atoms with Crippen molar-refractivity contribution in [2.24, 2.45) is 0 Å². The number of nitrogens with zero attached hydrogens (tertiary/aromatic N) is 2. The number of carbonyl (C=O) groups is 1. The summed E-state index contributed by atoms with van der Waals surface area (Å²) < 4.78 is 5.36. The first-order chi connectivity index (χ1) is 13.4. The average Bonchev–Trinajstić information content (AvgIpc) is 2.73. The van der Waals surface area contributed by atoms with Crippen LogP contribution in [0.25, 0.3) is 0 Å². The summed E-state index contributed by atoms with van der Waals surface area (Å²) in [6, 6.07) is 21.5. The quantitative estimate of drug-likeness (QED) is 0.550. The van der Waals surface area contributed by atoms with E-state index in [1.807, 2.05) is 0 Å². The third-order valence-corrected chi connectivity index (χ3v) is 6.57. The van der Waals surface area contributed by atoms with Gasteiger partial charge in [-0.1, -0.05) is 60.7 Å². The van der Waals surface area contributed by atoms with Crippen LogP contribution in [0.1, 0.15) is 43.7 Å². The van der Waals surface area contributed by atoms with Gasteiger partial charge in [0.1, 0.15) is 6.73 Å². The smallest absolute Gasteiger partial charge is 0.303 e. The lowest BCUT2D eigenvalue weighted by atomic mass is 9.66. The van der Waals surface area contributed by atoms with Crippen molar-refractivity contribution in [3.05, 3.63) is 71.8 Å². The predicted molar refractivity (Wildman–Crippen MR) is 113 cm³/mol. The van der Waals surface area contributed by atoms with Crippen LogP contribution in [0.4, 0.5) is 0 Å². The number of ether oxygens (including phenoxy) is 1. The molecule has 0 atom stereocenters. The largest absolute Gasteiger partial charge is 0.450 e. The molecule has 1 fully saturated rings. The van der Waals surface area contributed by atoms with Gasteiger partial charge >= 0.3 is 5.97 Å². The fourth-order valence-electron chi connectivity index (χ4n) is 4.77. The summed E-state index contributed by atoms with van der Waals surface area (Å²) in [5.74, 6) is -0.238. The molecule has 4 heteroatoms. The molecule has 0 amide bonds. The number of hydrogen-bond acceptors (Lipinski definition) is 4.